The largest absolute Gasteiger partial charge is 0.494 e. The second kappa shape index (κ2) is 8.44. The van der Waals surface area contributed by atoms with Crippen molar-refractivity contribution in [1.82, 2.24) is 0 Å². The molecular formula is C29H23FOS2. The quantitative estimate of drug-likeness (QED) is 0.221. The highest BCUT2D eigenvalue weighted by Crippen LogP contribution is 2.38. The predicted molar refractivity (Wildman–Crippen MR) is 142 cm³/mol. The van der Waals surface area contributed by atoms with E-state index in [1.54, 1.807) is 6.07 Å². The van der Waals surface area contributed by atoms with Crippen LogP contribution in [0.5, 0.6) is 5.75 Å². The van der Waals surface area contributed by atoms with Gasteiger partial charge in [-0.05, 0) is 82.8 Å². The molecule has 0 unspecified atom stereocenters. The van der Waals surface area contributed by atoms with Crippen LogP contribution < -0.4 is 4.74 Å². The zero-order valence-electron chi connectivity index (χ0n) is 18.4. The lowest BCUT2D eigenvalue weighted by atomic mass is 10.0. The van der Waals surface area contributed by atoms with Crippen LogP contribution in [-0.2, 0) is 12.8 Å². The van der Waals surface area contributed by atoms with Gasteiger partial charge < -0.3 is 4.74 Å². The lowest BCUT2D eigenvalue weighted by Crippen LogP contribution is -1.95. The molecular weight excluding hydrogens is 447 g/mol. The summed E-state index contributed by atoms with van der Waals surface area (Å²) in [6.45, 7) is 2.88. The van der Waals surface area contributed by atoms with E-state index < -0.39 is 0 Å². The number of fused-ring (bicyclic) bond motifs is 6. The number of rotatable bonds is 6. The van der Waals surface area contributed by atoms with Crippen LogP contribution in [0.2, 0.25) is 0 Å². The Morgan fingerprint density at radius 1 is 0.697 bits per heavy atom. The minimum Gasteiger partial charge on any atom is -0.494 e. The molecule has 0 radical (unpaired) electrons. The van der Waals surface area contributed by atoms with Gasteiger partial charge in [0, 0.05) is 25.0 Å². The molecule has 0 bridgehead atoms. The molecule has 0 N–H and O–H groups in total. The van der Waals surface area contributed by atoms with Gasteiger partial charge in [-0.1, -0.05) is 43.3 Å². The molecule has 0 aliphatic rings. The monoisotopic (exact) mass is 470 g/mol. The van der Waals surface area contributed by atoms with Crippen LogP contribution in [0, 0.1) is 5.13 Å². The van der Waals surface area contributed by atoms with E-state index in [0.29, 0.717) is 0 Å². The topological polar surface area (TPSA) is 9.23 Å². The van der Waals surface area contributed by atoms with Gasteiger partial charge in [-0.25, -0.2) is 0 Å². The highest BCUT2D eigenvalue weighted by molar-refractivity contribution is 7.20. The van der Waals surface area contributed by atoms with E-state index in [-0.39, 0.29) is 5.13 Å². The van der Waals surface area contributed by atoms with E-state index in [1.165, 1.54) is 48.0 Å². The van der Waals surface area contributed by atoms with Crippen molar-refractivity contribution in [1.29, 1.82) is 0 Å². The Morgan fingerprint density at radius 2 is 1.33 bits per heavy atom. The molecule has 2 heterocycles. The Bertz CT molecular complexity index is 1610. The summed E-state index contributed by atoms with van der Waals surface area (Å²) in [5.41, 5.74) is 1.33. The molecule has 1 nitrogen and oxygen atoms in total. The van der Waals surface area contributed by atoms with Crippen LogP contribution in [-0.4, -0.2) is 6.61 Å². The molecule has 0 saturated heterocycles. The van der Waals surface area contributed by atoms with Crippen LogP contribution in [0.25, 0.3) is 41.7 Å². The minimum atomic E-state index is -0.126. The van der Waals surface area contributed by atoms with E-state index in [4.69, 9.17) is 4.74 Å². The second-order valence-electron chi connectivity index (χ2n) is 8.52. The summed E-state index contributed by atoms with van der Waals surface area (Å²) >= 11 is 3.13. The lowest BCUT2D eigenvalue weighted by molar-refractivity contribution is 0.317. The average molecular weight is 471 g/mol. The predicted octanol–water partition coefficient (Wildman–Crippen LogP) is 9.14. The van der Waals surface area contributed by atoms with E-state index in [1.807, 2.05) is 17.4 Å². The third-order valence-corrected chi connectivity index (χ3v) is 8.41. The zero-order chi connectivity index (χ0) is 22.4. The number of benzene rings is 4. The normalized spacial score (nSPS) is 11.8. The van der Waals surface area contributed by atoms with Gasteiger partial charge in [-0.15, -0.1) is 22.7 Å². The Balaban J connectivity index is 1.32. The van der Waals surface area contributed by atoms with Crippen LogP contribution in [0.3, 0.4) is 0 Å². The molecule has 6 rings (SSSR count). The van der Waals surface area contributed by atoms with E-state index >= 15 is 0 Å². The third kappa shape index (κ3) is 3.88. The number of halogens is 1. The molecule has 164 valence electrons. The highest BCUT2D eigenvalue weighted by atomic mass is 32.1. The Hall–Kier alpha value is -2.95. The Morgan fingerprint density at radius 3 is 2.03 bits per heavy atom. The van der Waals surface area contributed by atoms with Crippen molar-refractivity contribution in [3.8, 4) is 5.75 Å². The first-order chi connectivity index (χ1) is 16.2. The zero-order valence-corrected chi connectivity index (χ0v) is 20.0. The van der Waals surface area contributed by atoms with Crippen molar-refractivity contribution in [3.63, 3.8) is 0 Å². The van der Waals surface area contributed by atoms with Gasteiger partial charge in [0.2, 0.25) is 0 Å². The summed E-state index contributed by atoms with van der Waals surface area (Å²) in [5.74, 6) is 0.948. The van der Waals surface area contributed by atoms with Gasteiger partial charge in [-0.3, -0.25) is 0 Å². The van der Waals surface area contributed by atoms with E-state index in [2.05, 4.69) is 67.6 Å². The van der Waals surface area contributed by atoms with Crippen molar-refractivity contribution in [2.24, 2.45) is 0 Å². The van der Waals surface area contributed by atoms with Crippen LogP contribution in [0.4, 0.5) is 4.39 Å². The summed E-state index contributed by atoms with van der Waals surface area (Å²) in [5, 5.41) is 6.96. The van der Waals surface area contributed by atoms with E-state index in [9.17, 15) is 4.39 Å². The fraction of sp³-hybridized carbons (Fsp3) is 0.172. The summed E-state index contributed by atoms with van der Waals surface area (Å²) in [6.07, 6.45) is 3.07. The smallest absolute Gasteiger partial charge is 0.177 e. The van der Waals surface area contributed by atoms with Crippen molar-refractivity contribution in [2.75, 3.05) is 6.61 Å². The fourth-order valence-corrected chi connectivity index (χ4v) is 6.62. The molecule has 0 aliphatic heterocycles. The Labute approximate surface area is 200 Å². The van der Waals surface area contributed by atoms with Gasteiger partial charge in [0.25, 0.3) is 0 Å². The maximum absolute atomic E-state index is 13.9. The SMILES string of the molecule is CCCOc1ccc(CCc2cc3ccc4cc5c(ccc6cc(F)sc65)cc4c3s2)cc1. The number of ether oxygens (including phenoxy) is 1. The van der Waals surface area contributed by atoms with E-state index in [0.717, 1.165) is 47.1 Å². The maximum Gasteiger partial charge on any atom is 0.177 e. The molecule has 2 aromatic heterocycles. The molecule has 0 aliphatic carbocycles. The molecule has 4 aromatic carbocycles. The molecule has 33 heavy (non-hydrogen) atoms. The molecule has 4 heteroatoms. The standard InChI is InChI=1S/C29H23FOS2/c1-2-13-31-23-10-3-18(4-11-23)5-12-24-14-21-8-6-19-16-26-20(15-25(19)28(21)32-24)7-9-22-17-27(30)33-29(22)26/h3-4,6-11,14-17H,2,5,12-13H2,1H3. The highest BCUT2D eigenvalue weighted by Gasteiger charge is 2.11. The first kappa shape index (κ1) is 20.6. The van der Waals surface area contributed by atoms with Crippen molar-refractivity contribution < 1.29 is 9.13 Å². The molecule has 0 spiro atoms. The second-order valence-corrected chi connectivity index (χ2v) is 10.7. The third-order valence-electron chi connectivity index (χ3n) is 6.19. The minimum absolute atomic E-state index is 0.126. The van der Waals surface area contributed by atoms with Crippen LogP contribution in [0.15, 0.2) is 72.8 Å². The number of aryl methyl sites for hydroxylation is 2. The van der Waals surface area contributed by atoms with Crippen molar-refractivity contribution >= 4 is 64.4 Å². The van der Waals surface area contributed by atoms with Crippen LogP contribution in [0.1, 0.15) is 23.8 Å². The molecule has 0 atom stereocenters. The van der Waals surface area contributed by atoms with Crippen molar-refractivity contribution in [2.45, 2.75) is 26.2 Å². The summed E-state index contributed by atoms with van der Waals surface area (Å²) < 4.78 is 21.9. The molecule has 0 saturated carbocycles. The maximum atomic E-state index is 13.9. The number of hydrogen-bond acceptors (Lipinski definition) is 3. The summed E-state index contributed by atoms with van der Waals surface area (Å²) in [6, 6.07) is 25.5. The van der Waals surface area contributed by atoms with Gasteiger partial charge >= 0.3 is 0 Å². The van der Waals surface area contributed by atoms with Crippen LogP contribution >= 0.6 is 22.7 Å². The number of hydrogen-bond donors (Lipinski definition) is 0. The van der Waals surface area contributed by atoms with Gasteiger partial charge in [0.1, 0.15) is 5.75 Å². The van der Waals surface area contributed by atoms with Gasteiger partial charge in [0.15, 0.2) is 5.13 Å². The fourth-order valence-electron chi connectivity index (χ4n) is 4.53. The summed E-state index contributed by atoms with van der Waals surface area (Å²) in [7, 11) is 0. The first-order valence-corrected chi connectivity index (χ1v) is 13.0. The molecule has 0 amide bonds. The molecule has 0 fully saturated rings. The lowest BCUT2D eigenvalue weighted by Gasteiger charge is -2.05. The number of thiophene rings is 2. The summed E-state index contributed by atoms with van der Waals surface area (Å²) in [4.78, 5) is 1.40. The van der Waals surface area contributed by atoms with Gasteiger partial charge in [-0.2, -0.15) is 4.39 Å². The van der Waals surface area contributed by atoms with Gasteiger partial charge in [0.05, 0.1) is 6.61 Å². The first-order valence-electron chi connectivity index (χ1n) is 11.4. The van der Waals surface area contributed by atoms with Crippen molar-refractivity contribution in [3.05, 3.63) is 88.4 Å². The molecule has 6 aromatic rings. The Kier molecular flexibility index (Phi) is 5.28. The average Bonchev–Trinajstić information content (AvgIpc) is 3.43.